The number of hydrogen-bond donors (Lipinski definition) is 2. The molecule has 0 aromatic rings. The Bertz CT molecular complexity index is 247. The number of rotatable bonds is 6. The summed E-state index contributed by atoms with van der Waals surface area (Å²) in [4.78, 5) is 0. The Hall–Kier alpha value is -0.130. The van der Waals surface area contributed by atoms with Crippen LogP contribution in [0.25, 0.3) is 0 Å². The summed E-state index contributed by atoms with van der Waals surface area (Å²) in [6, 6.07) is 0. The van der Waals surface area contributed by atoms with Gasteiger partial charge in [0, 0.05) is 13.1 Å². The number of nitrogens with one attached hydrogen (secondary N) is 1. The quantitative estimate of drug-likeness (QED) is 0.645. The summed E-state index contributed by atoms with van der Waals surface area (Å²) in [6.45, 7) is 2.37. The van der Waals surface area contributed by atoms with Crippen LogP contribution in [0.15, 0.2) is 0 Å². The molecule has 1 atom stereocenters. The standard InChI is InChI=1S/C8H18N2O2S/c1-7(6-9)13(11,12)10-5-4-8-2-3-8/h7-8,10H,2-6,9H2,1H3. The lowest BCUT2D eigenvalue weighted by molar-refractivity contribution is 0.563. The lowest BCUT2D eigenvalue weighted by atomic mass is 10.3. The Labute approximate surface area is 79.9 Å². The first kappa shape index (κ1) is 10.9. The van der Waals surface area contributed by atoms with E-state index < -0.39 is 15.3 Å². The molecule has 5 heteroatoms. The van der Waals surface area contributed by atoms with E-state index in [0.717, 1.165) is 12.3 Å². The highest BCUT2D eigenvalue weighted by Crippen LogP contribution is 2.31. The van der Waals surface area contributed by atoms with Gasteiger partial charge in [0.05, 0.1) is 5.25 Å². The van der Waals surface area contributed by atoms with Gasteiger partial charge in [-0.2, -0.15) is 0 Å². The minimum atomic E-state index is -3.15. The molecule has 1 aliphatic carbocycles. The third-order valence-corrected chi connectivity index (χ3v) is 4.27. The Morgan fingerprint density at radius 1 is 1.54 bits per heavy atom. The van der Waals surface area contributed by atoms with Gasteiger partial charge in [0.2, 0.25) is 10.0 Å². The summed E-state index contributed by atoms with van der Waals surface area (Å²) < 4.78 is 25.3. The maximum atomic E-state index is 11.4. The van der Waals surface area contributed by atoms with Gasteiger partial charge in [-0.05, 0) is 19.3 Å². The van der Waals surface area contributed by atoms with Crippen LogP contribution in [0.2, 0.25) is 0 Å². The summed E-state index contributed by atoms with van der Waals surface area (Å²) in [6.07, 6.45) is 3.48. The molecule has 0 bridgehead atoms. The summed E-state index contributed by atoms with van der Waals surface area (Å²) in [5.41, 5.74) is 5.28. The average molecular weight is 206 g/mol. The fourth-order valence-corrected chi connectivity index (χ4v) is 2.02. The smallest absolute Gasteiger partial charge is 0.215 e. The molecular weight excluding hydrogens is 188 g/mol. The Morgan fingerprint density at radius 3 is 2.62 bits per heavy atom. The van der Waals surface area contributed by atoms with Crippen molar-refractivity contribution in [3.63, 3.8) is 0 Å². The fourth-order valence-electron chi connectivity index (χ4n) is 1.08. The molecule has 3 N–H and O–H groups in total. The predicted octanol–water partition coefficient (Wildman–Crippen LogP) is 0.0531. The van der Waals surface area contributed by atoms with Crippen LogP contribution in [0.3, 0.4) is 0 Å². The second-order valence-electron chi connectivity index (χ2n) is 3.72. The molecule has 13 heavy (non-hydrogen) atoms. The molecule has 0 aromatic carbocycles. The topological polar surface area (TPSA) is 72.2 Å². The van der Waals surface area contributed by atoms with Gasteiger partial charge in [-0.1, -0.05) is 12.8 Å². The van der Waals surface area contributed by atoms with E-state index >= 15 is 0 Å². The van der Waals surface area contributed by atoms with Crippen molar-refractivity contribution in [3.05, 3.63) is 0 Å². The van der Waals surface area contributed by atoms with E-state index in [2.05, 4.69) is 4.72 Å². The van der Waals surface area contributed by atoms with E-state index in [1.54, 1.807) is 6.92 Å². The molecule has 0 saturated heterocycles. The molecule has 0 spiro atoms. The van der Waals surface area contributed by atoms with Crippen molar-refractivity contribution in [2.24, 2.45) is 11.7 Å². The zero-order valence-electron chi connectivity index (χ0n) is 7.99. The van der Waals surface area contributed by atoms with Crippen molar-refractivity contribution < 1.29 is 8.42 Å². The zero-order valence-corrected chi connectivity index (χ0v) is 8.81. The molecule has 0 radical (unpaired) electrons. The van der Waals surface area contributed by atoms with Gasteiger partial charge in [-0.3, -0.25) is 0 Å². The first-order valence-electron chi connectivity index (χ1n) is 4.75. The van der Waals surface area contributed by atoms with Gasteiger partial charge >= 0.3 is 0 Å². The van der Waals surface area contributed by atoms with Crippen LogP contribution in [-0.2, 0) is 10.0 Å². The lowest BCUT2D eigenvalue weighted by Gasteiger charge is -2.11. The van der Waals surface area contributed by atoms with Gasteiger partial charge in [0.25, 0.3) is 0 Å². The van der Waals surface area contributed by atoms with Crippen molar-refractivity contribution in [2.75, 3.05) is 13.1 Å². The molecule has 1 unspecified atom stereocenters. The summed E-state index contributed by atoms with van der Waals surface area (Å²) >= 11 is 0. The van der Waals surface area contributed by atoms with Gasteiger partial charge in [0.15, 0.2) is 0 Å². The SMILES string of the molecule is CC(CN)S(=O)(=O)NCCC1CC1. The number of sulfonamides is 1. The molecule has 78 valence electrons. The monoisotopic (exact) mass is 206 g/mol. The normalized spacial score (nSPS) is 20.2. The minimum Gasteiger partial charge on any atom is -0.329 e. The van der Waals surface area contributed by atoms with Crippen LogP contribution in [0.4, 0.5) is 0 Å². The highest BCUT2D eigenvalue weighted by atomic mass is 32.2. The van der Waals surface area contributed by atoms with E-state index in [-0.39, 0.29) is 6.54 Å². The van der Waals surface area contributed by atoms with Crippen molar-refractivity contribution in [3.8, 4) is 0 Å². The van der Waals surface area contributed by atoms with Crippen LogP contribution in [0, 0.1) is 5.92 Å². The first-order valence-corrected chi connectivity index (χ1v) is 6.29. The van der Waals surface area contributed by atoms with E-state index in [1.807, 2.05) is 0 Å². The lowest BCUT2D eigenvalue weighted by Crippen LogP contribution is -2.37. The number of hydrogen-bond acceptors (Lipinski definition) is 3. The van der Waals surface area contributed by atoms with Crippen LogP contribution in [0.5, 0.6) is 0 Å². The van der Waals surface area contributed by atoms with E-state index in [1.165, 1.54) is 12.8 Å². The van der Waals surface area contributed by atoms with Crippen molar-refractivity contribution in [2.45, 2.75) is 31.4 Å². The summed E-state index contributed by atoms with van der Waals surface area (Å²) in [7, 11) is -3.15. The van der Waals surface area contributed by atoms with E-state index in [0.29, 0.717) is 6.54 Å². The maximum absolute atomic E-state index is 11.4. The van der Waals surface area contributed by atoms with Crippen LogP contribution >= 0.6 is 0 Å². The molecule has 0 heterocycles. The Morgan fingerprint density at radius 2 is 2.15 bits per heavy atom. The molecule has 0 amide bonds. The van der Waals surface area contributed by atoms with E-state index in [9.17, 15) is 8.42 Å². The predicted molar refractivity (Wildman–Crippen MR) is 52.8 cm³/mol. The molecule has 1 aliphatic rings. The van der Waals surface area contributed by atoms with Crippen LogP contribution in [-0.4, -0.2) is 26.8 Å². The minimum absolute atomic E-state index is 0.179. The molecule has 1 rings (SSSR count). The second kappa shape index (κ2) is 4.39. The third-order valence-electron chi connectivity index (χ3n) is 2.41. The fraction of sp³-hybridized carbons (Fsp3) is 1.00. The van der Waals surface area contributed by atoms with Crippen LogP contribution in [0.1, 0.15) is 26.2 Å². The second-order valence-corrected chi connectivity index (χ2v) is 5.90. The van der Waals surface area contributed by atoms with Crippen LogP contribution < -0.4 is 10.5 Å². The van der Waals surface area contributed by atoms with Gasteiger partial charge < -0.3 is 5.73 Å². The Balaban J connectivity index is 2.24. The molecule has 4 nitrogen and oxygen atoms in total. The summed E-state index contributed by atoms with van der Waals surface area (Å²) in [5.74, 6) is 0.760. The molecule has 1 saturated carbocycles. The largest absolute Gasteiger partial charge is 0.329 e. The molecular formula is C8H18N2O2S. The molecule has 0 aromatic heterocycles. The van der Waals surface area contributed by atoms with E-state index in [4.69, 9.17) is 5.73 Å². The first-order chi connectivity index (χ1) is 6.06. The van der Waals surface area contributed by atoms with Gasteiger partial charge in [-0.15, -0.1) is 0 Å². The third kappa shape index (κ3) is 3.62. The summed E-state index contributed by atoms with van der Waals surface area (Å²) in [5, 5.41) is -0.480. The zero-order chi connectivity index (χ0) is 9.90. The highest BCUT2D eigenvalue weighted by Gasteiger charge is 2.23. The molecule has 1 fully saturated rings. The molecule has 0 aliphatic heterocycles. The van der Waals surface area contributed by atoms with Gasteiger partial charge in [0.1, 0.15) is 0 Å². The van der Waals surface area contributed by atoms with Crippen molar-refractivity contribution in [1.82, 2.24) is 4.72 Å². The highest BCUT2D eigenvalue weighted by molar-refractivity contribution is 7.90. The number of nitrogens with two attached hydrogens (primary N) is 1. The van der Waals surface area contributed by atoms with Gasteiger partial charge in [-0.25, -0.2) is 13.1 Å². The van der Waals surface area contributed by atoms with Crippen molar-refractivity contribution >= 4 is 10.0 Å². The van der Waals surface area contributed by atoms with Crippen molar-refractivity contribution in [1.29, 1.82) is 0 Å². The maximum Gasteiger partial charge on any atom is 0.215 e. The average Bonchev–Trinajstić information content (AvgIpc) is 2.86. The Kier molecular flexibility index (Phi) is 3.70.